The lowest BCUT2D eigenvalue weighted by Gasteiger charge is -2.32. The standard InChI is InChI=1S/C11H20N2O2/c1-6(2)5-8-10(14)13-9(7(3)4)11(15)12-8/h6-9H,5H2,1-4H3,(H,12,15)(H,13,14)/t8-,9-/m0/s1/i5D,6D,8D/t5?,8-,9-. The third-order valence-electron chi connectivity index (χ3n) is 2.17. The first kappa shape index (κ1) is 8.13. The minimum Gasteiger partial charge on any atom is -0.343 e. The van der Waals surface area contributed by atoms with Crippen molar-refractivity contribution in [1.82, 2.24) is 10.6 Å². The van der Waals surface area contributed by atoms with E-state index in [4.69, 9.17) is 4.11 Å². The minimum atomic E-state index is -2.10. The maximum absolute atomic E-state index is 11.9. The van der Waals surface area contributed by atoms with Gasteiger partial charge >= 0.3 is 0 Å². The number of rotatable bonds is 3. The Morgan fingerprint density at radius 1 is 1.33 bits per heavy atom. The molecule has 15 heavy (non-hydrogen) atoms. The summed E-state index contributed by atoms with van der Waals surface area (Å²) in [5.74, 6) is -2.61. The number of nitrogens with one attached hydrogen (secondary N) is 2. The molecule has 4 nitrogen and oxygen atoms in total. The molecule has 1 rings (SSSR count). The van der Waals surface area contributed by atoms with E-state index in [9.17, 15) is 9.59 Å². The van der Waals surface area contributed by atoms with Crippen molar-refractivity contribution in [3.8, 4) is 0 Å². The van der Waals surface area contributed by atoms with Crippen LogP contribution in [0, 0.1) is 11.8 Å². The molecule has 1 aliphatic heterocycles. The summed E-state index contributed by atoms with van der Waals surface area (Å²) in [6, 6.07) is -2.79. The molecule has 86 valence electrons. The van der Waals surface area contributed by atoms with Crippen LogP contribution in [0.5, 0.6) is 0 Å². The van der Waals surface area contributed by atoms with Crippen molar-refractivity contribution in [1.29, 1.82) is 0 Å². The highest BCUT2D eigenvalue weighted by atomic mass is 16.2. The fourth-order valence-corrected chi connectivity index (χ4v) is 1.41. The van der Waals surface area contributed by atoms with Crippen molar-refractivity contribution in [2.24, 2.45) is 11.8 Å². The average molecular weight is 215 g/mol. The van der Waals surface area contributed by atoms with E-state index in [2.05, 4.69) is 10.6 Å². The van der Waals surface area contributed by atoms with Crippen molar-refractivity contribution in [2.75, 3.05) is 0 Å². The molecule has 4 heteroatoms. The van der Waals surface area contributed by atoms with Crippen molar-refractivity contribution in [3.05, 3.63) is 0 Å². The zero-order valence-corrected chi connectivity index (χ0v) is 9.55. The molecular formula is C11H20N2O2. The van der Waals surface area contributed by atoms with Gasteiger partial charge < -0.3 is 10.6 Å². The van der Waals surface area contributed by atoms with Crippen LogP contribution >= 0.6 is 0 Å². The van der Waals surface area contributed by atoms with Gasteiger partial charge in [-0.1, -0.05) is 27.7 Å². The zero-order chi connectivity index (χ0) is 14.3. The Morgan fingerprint density at radius 2 is 1.93 bits per heavy atom. The number of carbonyl (C=O) groups excluding carboxylic acids is 2. The Hall–Kier alpha value is -1.06. The monoisotopic (exact) mass is 215 g/mol. The molecule has 1 heterocycles. The summed E-state index contributed by atoms with van der Waals surface area (Å²) in [6.45, 7) is 6.45. The van der Waals surface area contributed by atoms with Crippen LogP contribution < -0.4 is 10.6 Å². The number of hydrogen-bond acceptors (Lipinski definition) is 2. The van der Waals surface area contributed by atoms with Gasteiger partial charge in [0.25, 0.3) is 0 Å². The van der Waals surface area contributed by atoms with Gasteiger partial charge in [0, 0.05) is 2.74 Å². The second-order valence-electron chi connectivity index (χ2n) is 4.32. The Morgan fingerprint density at radius 3 is 2.40 bits per heavy atom. The smallest absolute Gasteiger partial charge is 0.243 e. The van der Waals surface area contributed by atoms with Crippen LogP contribution in [0.4, 0.5) is 0 Å². The Labute approximate surface area is 95.0 Å². The molecular weight excluding hydrogens is 192 g/mol. The van der Waals surface area contributed by atoms with E-state index in [-0.39, 0.29) is 5.92 Å². The summed E-state index contributed by atoms with van der Waals surface area (Å²) in [5, 5.41) is 4.76. The third-order valence-corrected chi connectivity index (χ3v) is 2.17. The van der Waals surface area contributed by atoms with Gasteiger partial charge in [0.15, 0.2) is 0 Å². The minimum absolute atomic E-state index is 0.0910. The van der Waals surface area contributed by atoms with Crippen LogP contribution in [-0.2, 0) is 9.59 Å². The molecule has 2 amide bonds. The second-order valence-corrected chi connectivity index (χ2v) is 4.32. The normalized spacial score (nSPS) is 37.4. The first-order valence-electron chi connectivity index (χ1n) is 6.63. The Bertz CT molecular complexity index is 368. The van der Waals surface area contributed by atoms with Gasteiger partial charge in [0.05, 0.1) is 1.37 Å². The molecule has 0 radical (unpaired) electrons. The molecule has 0 spiro atoms. The summed E-state index contributed by atoms with van der Waals surface area (Å²) < 4.78 is 23.6. The lowest BCUT2D eigenvalue weighted by Crippen LogP contribution is -2.63. The molecule has 0 saturated carbocycles. The van der Waals surface area contributed by atoms with Crippen LogP contribution in [0.15, 0.2) is 0 Å². The van der Waals surface area contributed by atoms with Gasteiger partial charge in [0.2, 0.25) is 11.8 Å². The van der Waals surface area contributed by atoms with Crippen LogP contribution in [0.25, 0.3) is 0 Å². The van der Waals surface area contributed by atoms with Gasteiger partial charge in [-0.15, -0.1) is 0 Å². The molecule has 0 bridgehead atoms. The highest BCUT2D eigenvalue weighted by Gasteiger charge is 2.35. The highest BCUT2D eigenvalue weighted by Crippen LogP contribution is 2.12. The van der Waals surface area contributed by atoms with Crippen molar-refractivity contribution in [2.45, 2.75) is 46.2 Å². The summed E-state index contributed by atoms with van der Waals surface area (Å²) in [6.07, 6.45) is -1.37. The van der Waals surface area contributed by atoms with E-state index < -0.39 is 36.2 Å². The average Bonchev–Trinajstić information content (AvgIpc) is 2.20. The lowest BCUT2D eigenvalue weighted by atomic mass is 9.96. The first-order chi connectivity index (χ1) is 8.00. The second kappa shape index (κ2) is 4.64. The van der Waals surface area contributed by atoms with Gasteiger partial charge in [-0.3, -0.25) is 9.59 Å². The Balaban J connectivity index is 3.00. The predicted octanol–water partition coefficient (Wildman–Crippen LogP) is 0.672. The molecule has 0 aromatic heterocycles. The van der Waals surface area contributed by atoms with Crippen molar-refractivity contribution >= 4 is 11.8 Å². The molecule has 0 aliphatic carbocycles. The van der Waals surface area contributed by atoms with Gasteiger partial charge in [0.1, 0.15) is 12.1 Å². The molecule has 1 unspecified atom stereocenters. The van der Waals surface area contributed by atoms with Crippen LogP contribution in [0.2, 0.25) is 0 Å². The zero-order valence-electron chi connectivity index (χ0n) is 12.5. The van der Waals surface area contributed by atoms with Crippen LogP contribution in [0.1, 0.15) is 38.2 Å². The van der Waals surface area contributed by atoms with Crippen molar-refractivity contribution < 1.29 is 13.7 Å². The highest BCUT2D eigenvalue weighted by molar-refractivity contribution is 5.97. The summed E-state index contributed by atoms with van der Waals surface area (Å²) >= 11 is 0. The number of hydrogen-bond donors (Lipinski definition) is 2. The molecule has 2 N–H and O–H groups in total. The molecule has 0 aromatic rings. The summed E-state index contributed by atoms with van der Waals surface area (Å²) in [4.78, 5) is 23.8. The van der Waals surface area contributed by atoms with E-state index in [0.717, 1.165) is 0 Å². The number of carbonyl (C=O) groups is 2. The van der Waals surface area contributed by atoms with E-state index in [0.29, 0.717) is 0 Å². The van der Waals surface area contributed by atoms with Gasteiger partial charge in [-0.25, -0.2) is 0 Å². The molecule has 1 fully saturated rings. The van der Waals surface area contributed by atoms with E-state index in [1.54, 1.807) is 13.8 Å². The maximum Gasteiger partial charge on any atom is 0.243 e. The fraction of sp³-hybridized carbons (Fsp3) is 0.818. The summed E-state index contributed by atoms with van der Waals surface area (Å²) in [7, 11) is 0. The largest absolute Gasteiger partial charge is 0.343 e. The predicted molar refractivity (Wildman–Crippen MR) is 58.2 cm³/mol. The topological polar surface area (TPSA) is 58.2 Å². The third kappa shape index (κ3) is 2.94. The Kier molecular flexibility index (Phi) is 2.52. The molecule has 1 saturated heterocycles. The SMILES string of the molecule is [2H]C(C([2H])(C)C)[C@]1([2H])NC(=O)[C@H](C(C)C)NC1=O. The maximum atomic E-state index is 11.9. The number of piperazine rings is 1. The van der Waals surface area contributed by atoms with Crippen LogP contribution in [0.3, 0.4) is 0 Å². The summed E-state index contributed by atoms with van der Waals surface area (Å²) in [5.41, 5.74) is 0. The van der Waals surface area contributed by atoms with Crippen molar-refractivity contribution in [3.63, 3.8) is 0 Å². The fourth-order valence-electron chi connectivity index (χ4n) is 1.41. The van der Waals surface area contributed by atoms with E-state index in [1.165, 1.54) is 13.8 Å². The first-order valence-corrected chi connectivity index (χ1v) is 5.05. The van der Waals surface area contributed by atoms with Gasteiger partial charge in [-0.05, 0) is 18.2 Å². The van der Waals surface area contributed by atoms with E-state index >= 15 is 0 Å². The van der Waals surface area contributed by atoms with Crippen LogP contribution in [-0.4, -0.2) is 23.9 Å². The van der Waals surface area contributed by atoms with Gasteiger partial charge in [-0.2, -0.15) is 0 Å². The number of amides is 2. The quantitative estimate of drug-likeness (QED) is 0.727. The molecule has 0 aromatic carbocycles. The molecule has 3 atom stereocenters. The van der Waals surface area contributed by atoms with E-state index in [1.807, 2.05) is 0 Å². The lowest BCUT2D eigenvalue weighted by molar-refractivity contribution is -0.138. The molecule has 1 aliphatic rings.